The van der Waals surface area contributed by atoms with Gasteiger partial charge >= 0.3 is 6.09 Å². The van der Waals surface area contributed by atoms with Gasteiger partial charge in [-0.15, -0.1) is 6.58 Å². The summed E-state index contributed by atoms with van der Waals surface area (Å²) in [6.45, 7) is 7.08. The average molecular weight is 603 g/mol. The summed E-state index contributed by atoms with van der Waals surface area (Å²) in [5, 5.41) is 14.3. The van der Waals surface area contributed by atoms with E-state index in [9.17, 15) is 19.7 Å². The Bertz CT molecular complexity index is 1260. The lowest BCUT2D eigenvalue weighted by atomic mass is 9.88. The maximum Gasteiger partial charge on any atom is 0.410 e. The lowest BCUT2D eigenvalue weighted by molar-refractivity contribution is -0.384. The third-order valence-electron chi connectivity index (χ3n) is 9.81. The van der Waals surface area contributed by atoms with Crippen LogP contribution >= 0.6 is 0 Å². The van der Waals surface area contributed by atoms with Crippen LogP contribution in [0.4, 0.5) is 10.5 Å². The number of hydrogen-bond acceptors (Lipinski definition) is 6. The summed E-state index contributed by atoms with van der Waals surface area (Å²) in [7, 11) is 0. The molecule has 0 radical (unpaired) electrons. The number of nitrogens with one attached hydrogen (secondary N) is 1. The van der Waals surface area contributed by atoms with Crippen LogP contribution in [0.2, 0.25) is 0 Å². The van der Waals surface area contributed by atoms with E-state index in [0.29, 0.717) is 23.9 Å². The van der Waals surface area contributed by atoms with Gasteiger partial charge in [0.25, 0.3) is 5.69 Å². The first kappa shape index (κ1) is 31.7. The SMILES string of the molecule is C=CCN(C(=O)OCc1ccc([N+](=O)[O-])cc1)C1CCN(C[C@H]2C[C@H](NC(=O)C3CCCCC3)C[C@@H]2c2ccccc2)CC1. The van der Waals surface area contributed by atoms with Gasteiger partial charge in [0.15, 0.2) is 0 Å². The van der Waals surface area contributed by atoms with E-state index in [1.165, 1.54) is 24.1 Å². The molecule has 3 fully saturated rings. The van der Waals surface area contributed by atoms with Crippen molar-refractivity contribution in [3.63, 3.8) is 0 Å². The number of nitro groups is 1. The lowest BCUT2D eigenvalue weighted by Gasteiger charge is -2.39. The Morgan fingerprint density at radius 1 is 1.00 bits per heavy atom. The van der Waals surface area contributed by atoms with Gasteiger partial charge in [-0.25, -0.2) is 4.79 Å². The van der Waals surface area contributed by atoms with E-state index in [1.807, 2.05) is 0 Å². The third kappa shape index (κ3) is 8.25. The monoisotopic (exact) mass is 602 g/mol. The summed E-state index contributed by atoms with van der Waals surface area (Å²) in [6.07, 6.45) is 10.6. The Morgan fingerprint density at radius 3 is 2.36 bits per heavy atom. The highest BCUT2D eigenvalue weighted by Gasteiger charge is 2.38. The van der Waals surface area contributed by atoms with Gasteiger partial charge in [-0.3, -0.25) is 14.9 Å². The molecule has 0 aromatic heterocycles. The topological polar surface area (TPSA) is 105 Å². The van der Waals surface area contributed by atoms with Crippen LogP contribution in [0.25, 0.3) is 0 Å². The zero-order valence-corrected chi connectivity index (χ0v) is 25.6. The van der Waals surface area contributed by atoms with Crippen molar-refractivity contribution in [2.75, 3.05) is 26.2 Å². The van der Waals surface area contributed by atoms with Gasteiger partial charge in [0.2, 0.25) is 5.91 Å². The number of benzene rings is 2. The molecule has 1 N–H and O–H groups in total. The Balaban J connectivity index is 1.15. The first-order valence-electron chi connectivity index (χ1n) is 16.3. The van der Waals surface area contributed by atoms with Gasteiger partial charge in [0.05, 0.1) is 4.92 Å². The molecule has 5 rings (SSSR count). The molecule has 0 spiro atoms. The number of non-ortho nitro benzene ring substituents is 1. The Labute approximate surface area is 260 Å². The fraction of sp³-hybridized carbons (Fsp3) is 0.543. The molecule has 1 aliphatic heterocycles. The first-order valence-corrected chi connectivity index (χ1v) is 16.3. The number of ether oxygens (including phenoxy) is 1. The largest absolute Gasteiger partial charge is 0.445 e. The Kier molecular flexibility index (Phi) is 11.0. The highest BCUT2D eigenvalue weighted by molar-refractivity contribution is 5.79. The predicted molar refractivity (Wildman–Crippen MR) is 170 cm³/mol. The van der Waals surface area contributed by atoms with Crippen molar-refractivity contribution in [3.05, 3.63) is 88.5 Å². The Hall–Kier alpha value is -3.72. The minimum atomic E-state index is -0.448. The number of carbonyl (C=O) groups excluding carboxylic acids is 2. The quantitative estimate of drug-likeness (QED) is 0.180. The second kappa shape index (κ2) is 15.3. The number of likely N-dealkylation sites (tertiary alicyclic amines) is 1. The van der Waals surface area contributed by atoms with Crippen LogP contribution in [0, 0.1) is 22.0 Å². The number of carbonyl (C=O) groups is 2. The van der Waals surface area contributed by atoms with E-state index in [1.54, 1.807) is 23.1 Å². The molecule has 0 unspecified atom stereocenters. The molecule has 2 aliphatic carbocycles. The van der Waals surface area contributed by atoms with Crippen LogP contribution in [0.5, 0.6) is 0 Å². The van der Waals surface area contributed by atoms with Crippen LogP contribution in [-0.4, -0.2) is 65.0 Å². The van der Waals surface area contributed by atoms with Gasteiger partial charge in [-0.1, -0.05) is 55.7 Å². The highest BCUT2D eigenvalue weighted by Crippen LogP contribution is 2.41. The summed E-state index contributed by atoms with van der Waals surface area (Å²) in [4.78, 5) is 40.9. The smallest absolute Gasteiger partial charge is 0.410 e. The summed E-state index contributed by atoms with van der Waals surface area (Å²) in [6, 6.07) is 17.1. The maximum absolute atomic E-state index is 13.1. The molecule has 9 heteroatoms. The fourth-order valence-corrected chi connectivity index (χ4v) is 7.44. The normalized spacial score (nSPS) is 23.1. The molecule has 3 atom stereocenters. The predicted octanol–water partition coefficient (Wildman–Crippen LogP) is 6.44. The third-order valence-corrected chi connectivity index (χ3v) is 9.81. The van der Waals surface area contributed by atoms with E-state index in [-0.39, 0.29) is 36.2 Å². The summed E-state index contributed by atoms with van der Waals surface area (Å²) >= 11 is 0. The number of nitro benzene ring substituents is 1. The van der Waals surface area contributed by atoms with Crippen molar-refractivity contribution in [2.24, 2.45) is 11.8 Å². The number of nitrogens with zero attached hydrogens (tertiary/aromatic N) is 3. The lowest BCUT2D eigenvalue weighted by Crippen LogP contribution is -2.48. The summed E-state index contributed by atoms with van der Waals surface area (Å²) in [5.74, 6) is 1.31. The molecule has 9 nitrogen and oxygen atoms in total. The molecule has 2 saturated carbocycles. The van der Waals surface area contributed by atoms with Gasteiger partial charge in [0.1, 0.15) is 6.61 Å². The van der Waals surface area contributed by atoms with Crippen molar-refractivity contribution < 1.29 is 19.2 Å². The fourth-order valence-electron chi connectivity index (χ4n) is 7.44. The highest BCUT2D eigenvalue weighted by atomic mass is 16.6. The van der Waals surface area contributed by atoms with E-state index >= 15 is 0 Å². The van der Waals surface area contributed by atoms with Crippen molar-refractivity contribution in [3.8, 4) is 0 Å². The van der Waals surface area contributed by atoms with E-state index in [4.69, 9.17) is 4.74 Å². The first-order chi connectivity index (χ1) is 21.4. The second-order valence-corrected chi connectivity index (χ2v) is 12.7. The van der Waals surface area contributed by atoms with E-state index in [2.05, 4.69) is 47.1 Å². The van der Waals surface area contributed by atoms with Gasteiger partial charge in [-0.2, -0.15) is 0 Å². The molecule has 2 aromatic rings. The van der Waals surface area contributed by atoms with Gasteiger partial charge < -0.3 is 19.9 Å². The van der Waals surface area contributed by atoms with Gasteiger partial charge in [-0.05, 0) is 73.6 Å². The summed E-state index contributed by atoms with van der Waals surface area (Å²) < 4.78 is 5.60. The molecule has 2 aromatic carbocycles. The number of rotatable bonds is 11. The van der Waals surface area contributed by atoms with E-state index < -0.39 is 11.0 Å². The molecular formula is C35H46N4O5. The second-order valence-electron chi connectivity index (χ2n) is 12.7. The molecule has 0 bridgehead atoms. The van der Waals surface area contributed by atoms with E-state index in [0.717, 1.165) is 71.0 Å². The molecule has 44 heavy (non-hydrogen) atoms. The molecule has 236 valence electrons. The minimum absolute atomic E-state index is 0.00697. The molecular weight excluding hydrogens is 556 g/mol. The Morgan fingerprint density at radius 2 is 1.70 bits per heavy atom. The van der Waals surface area contributed by atoms with Crippen molar-refractivity contribution in [1.29, 1.82) is 0 Å². The standard InChI is InChI=1S/C35H46N4O5/c1-2-19-38(35(41)44-25-26-13-15-32(16-14-26)39(42)43)31-17-20-37(21-18-31)24-29-22-30(23-33(29)27-9-5-3-6-10-27)36-34(40)28-11-7-4-8-12-28/h2-3,5-6,9-10,13-16,28-31,33H,1,4,7-8,11-12,17-25H2,(H,36,40)/t29-,30+,33-/m1/s1. The number of piperidine rings is 1. The van der Waals surface area contributed by atoms with Crippen molar-refractivity contribution in [2.45, 2.75) is 82.4 Å². The molecule has 2 amide bonds. The number of hydrogen-bond donors (Lipinski definition) is 1. The van der Waals surface area contributed by atoms with Crippen LogP contribution in [0.3, 0.4) is 0 Å². The van der Waals surface area contributed by atoms with Crippen molar-refractivity contribution in [1.82, 2.24) is 15.1 Å². The maximum atomic E-state index is 13.1. The van der Waals surface area contributed by atoms with Crippen LogP contribution in [-0.2, 0) is 16.1 Å². The van der Waals surface area contributed by atoms with Crippen molar-refractivity contribution >= 4 is 17.7 Å². The molecule has 1 saturated heterocycles. The number of amides is 2. The average Bonchev–Trinajstić information content (AvgIpc) is 3.45. The zero-order valence-electron chi connectivity index (χ0n) is 25.6. The minimum Gasteiger partial charge on any atom is -0.445 e. The van der Waals surface area contributed by atoms with Crippen LogP contribution < -0.4 is 5.32 Å². The molecule has 3 aliphatic rings. The zero-order chi connectivity index (χ0) is 30.9. The van der Waals surface area contributed by atoms with Gasteiger partial charge in [0, 0.05) is 56.3 Å². The van der Waals surface area contributed by atoms with Crippen LogP contribution in [0.1, 0.15) is 74.8 Å². The summed E-state index contributed by atoms with van der Waals surface area (Å²) in [5.41, 5.74) is 2.07. The van der Waals surface area contributed by atoms with Crippen LogP contribution in [0.15, 0.2) is 67.3 Å². The molecule has 1 heterocycles.